The number of nitrogens with zero attached hydrogens (tertiary/aromatic N) is 1. The van der Waals surface area contributed by atoms with Crippen LogP contribution in [0.5, 0.6) is 0 Å². The monoisotopic (exact) mass is 213 g/mol. The Bertz CT molecular complexity index is 513. The lowest BCUT2D eigenvalue weighted by Crippen LogP contribution is -1.88. The summed E-state index contributed by atoms with van der Waals surface area (Å²) in [6, 6.07) is 16.8. The van der Waals surface area contributed by atoms with Crippen LogP contribution < -0.4 is 0 Å². The minimum absolute atomic E-state index is 0.00571. The highest BCUT2D eigenvalue weighted by Gasteiger charge is 2.02. The zero-order chi connectivity index (χ0) is 10.7. The molecule has 0 unspecified atom stereocenters. The van der Waals surface area contributed by atoms with Crippen LogP contribution in [0.1, 0.15) is 6.92 Å². The van der Waals surface area contributed by atoms with Gasteiger partial charge in [-0.1, -0.05) is 30.3 Å². The van der Waals surface area contributed by atoms with Gasteiger partial charge in [-0.3, -0.25) is 0 Å². The third kappa shape index (κ3) is 2.31. The highest BCUT2D eigenvalue weighted by molar-refractivity contribution is 8.00. The number of rotatable bonds is 2. The molecule has 0 fully saturated rings. The average molecular weight is 213 g/mol. The number of nitriles is 1. The summed E-state index contributed by atoms with van der Waals surface area (Å²) in [5, 5.41) is 11.2. The Morgan fingerprint density at radius 2 is 1.87 bits per heavy atom. The standard InChI is InChI=1S/C13H11NS/c1-10(9-14)15-13-7-6-11-4-2-3-5-12(11)8-13/h2-8,10H,1H3/t10-/m0/s1. The third-order valence-corrected chi connectivity index (χ3v) is 3.20. The molecule has 0 aliphatic rings. The van der Waals surface area contributed by atoms with E-state index in [2.05, 4.69) is 36.4 Å². The molecule has 2 aromatic rings. The van der Waals surface area contributed by atoms with Crippen molar-refractivity contribution in [3.05, 3.63) is 42.5 Å². The van der Waals surface area contributed by atoms with E-state index < -0.39 is 0 Å². The summed E-state index contributed by atoms with van der Waals surface area (Å²) in [5.74, 6) is 0. The van der Waals surface area contributed by atoms with Gasteiger partial charge in [0, 0.05) is 4.90 Å². The summed E-state index contributed by atoms with van der Waals surface area (Å²) in [7, 11) is 0. The molecule has 1 nitrogen and oxygen atoms in total. The molecule has 15 heavy (non-hydrogen) atoms. The Morgan fingerprint density at radius 1 is 1.13 bits per heavy atom. The average Bonchev–Trinajstić information content (AvgIpc) is 2.29. The lowest BCUT2D eigenvalue weighted by Gasteiger charge is -2.04. The van der Waals surface area contributed by atoms with E-state index >= 15 is 0 Å². The Balaban J connectivity index is 2.35. The fourth-order valence-electron chi connectivity index (χ4n) is 1.47. The molecule has 0 aliphatic heterocycles. The molecule has 0 amide bonds. The van der Waals surface area contributed by atoms with Crippen molar-refractivity contribution in [2.24, 2.45) is 0 Å². The second-order valence-corrected chi connectivity index (χ2v) is 4.81. The summed E-state index contributed by atoms with van der Waals surface area (Å²) in [5.41, 5.74) is 0. The molecular formula is C13H11NS. The zero-order valence-corrected chi connectivity index (χ0v) is 9.29. The molecule has 0 radical (unpaired) electrons. The Kier molecular flexibility index (Phi) is 2.94. The third-order valence-electron chi connectivity index (χ3n) is 2.22. The number of thioether (sulfide) groups is 1. The maximum atomic E-state index is 8.74. The van der Waals surface area contributed by atoms with Crippen LogP contribution >= 0.6 is 11.8 Å². The van der Waals surface area contributed by atoms with Crippen molar-refractivity contribution >= 4 is 22.5 Å². The number of hydrogen-bond acceptors (Lipinski definition) is 2. The number of hydrogen-bond donors (Lipinski definition) is 0. The van der Waals surface area contributed by atoms with Crippen LogP contribution in [0.3, 0.4) is 0 Å². The molecule has 0 heterocycles. The molecule has 0 aliphatic carbocycles. The maximum absolute atomic E-state index is 8.74. The second-order valence-electron chi connectivity index (χ2n) is 3.40. The zero-order valence-electron chi connectivity index (χ0n) is 8.47. The first kappa shape index (κ1) is 10.1. The van der Waals surface area contributed by atoms with Gasteiger partial charge < -0.3 is 0 Å². The largest absolute Gasteiger partial charge is 0.197 e. The van der Waals surface area contributed by atoms with Gasteiger partial charge in [-0.2, -0.15) is 5.26 Å². The summed E-state index contributed by atoms with van der Waals surface area (Å²) in [6.45, 7) is 1.92. The summed E-state index contributed by atoms with van der Waals surface area (Å²) >= 11 is 1.60. The van der Waals surface area contributed by atoms with Crippen LogP contribution in [-0.4, -0.2) is 5.25 Å². The quantitative estimate of drug-likeness (QED) is 0.708. The van der Waals surface area contributed by atoms with Crippen LogP contribution in [0.4, 0.5) is 0 Å². The molecule has 2 aromatic carbocycles. The van der Waals surface area contributed by atoms with Crippen molar-refractivity contribution in [2.75, 3.05) is 0 Å². The van der Waals surface area contributed by atoms with Crippen LogP contribution in [-0.2, 0) is 0 Å². The summed E-state index contributed by atoms with van der Waals surface area (Å²) in [4.78, 5) is 1.16. The minimum atomic E-state index is 0.00571. The molecule has 0 bridgehead atoms. The molecule has 2 heteroatoms. The smallest absolute Gasteiger partial charge is 0.0935 e. The van der Waals surface area contributed by atoms with E-state index in [0.717, 1.165) is 4.90 Å². The topological polar surface area (TPSA) is 23.8 Å². The molecule has 74 valence electrons. The van der Waals surface area contributed by atoms with E-state index in [0.29, 0.717) is 0 Å². The Labute approximate surface area is 93.7 Å². The molecule has 0 aromatic heterocycles. The van der Waals surface area contributed by atoms with Gasteiger partial charge in [0.25, 0.3) is 0 Å². The highest BCUT2D eigenvalue weighted by Crippen LogP contribution is 2.26. The number of fused-ring (bicyclic) bond motifs is 1. The van der Waals surface area contributed by atoms with Crippen molar-refractivity contribution in [1.29, 1.82) is 5.26 Å². The van der Waals surface area contributed by atoms with E-state index in [-0.39, 0.29) is 5.25 Å². The van der Waals surface area contributed by atoms with Crippen LogP contribution in [0, 0.1) is 11.3 Å². The van der Waals surface area contributed by atoms with Crippen LogP contribution in [0.2, 0.25) is 0 Å². The SMILES string of the molecule is C[C@@H](C#N)Sc1ccc2ccccc2c1. The van der Waals surface area contributed by atoms with Gasteiger partial charge in [0.2, 0.25) is 0 Å². The van der Waals surface area contributed by atoms with Crippen LogP contribution in [0.25, 0.3) is 10.8 Å². The van der Waals surface area contributed by atoms with Crippen molar-refractivity contribution in [3.63, 3.8) is 0 Å². The lowest BCUT2D eigenvalue weighted by atomic mass is 10.1. The van der Waals surface area contributed by atoms with Crippen molar-refractivity contribution in [3.8, 4) is 6.07 Å². The van der Waals surface area contributed by atoms with E-state index in [1.165, 1.54) is 10.8 Å². The summed E-state index contributed by atoms with van der Waals surface area (Å²) in [6.07, 6.45) is 0. The fraction of sp³-hybridized carbons (Fsp3) is 0.154. The predicted molar refractivity (Wildman–Crippen MR) is 64.9 cm³/mol. The Hall–Kier alpha value is -1.46. The van der Waals surface area contributed by atoms with Gasteiger partial charge in [-0.05, 0) is 29.8 Å². The van der Waals surface area contributed by atoms with Gasteiger partial charge in [0.1, 0.15) is 0 Å². The highest BCUT2D eigenvalue weighted by atomic mass is 32.2. The summed E-state index contributed by atoms with van der Waals surface area (Å²) < 4.78 is 0. The van der Waals surface area contributed by atoms with Gasteiger partial charge in [-0.25, -0.2) is 0 Å². The normalized spacial score (nSPS) is 12.3. The Morgan fingerprint density at radius 3 is 2.60 bits per heavy atom. The molecule has 0 spiro atoms. The molecule has 2 rings (SSSR count). The van der Waals surface area contributed by atoms with E-state index in [4.69, 9.17) is 5.26 Å². The molecular weight excluding hydrogens is 202 g/mol. The van der Waals surface area contributed by atoms with E-state index in [1.807, 2.05) is 19.1 Å². The predicted octanol–water partition coefficient (Wildman–Crippen LogP) is 3.84. The van der Waals surface area contributed by atoms with Gasteiger partial charge in [0.05, 0.1) is 11.3 Å². The first-order valence-corrected chi connectivity index (χ1v) is 5.72. The molecule has 0 saturated heterocycles. The van der Waals surface area contributed by atoms with Crippen molar-refractivity contribution in [1.82, 2.24) is 0 Å². The van der Waals surface area contributed by atoms with E-state index in [9.17, 15) is 0 Å². The van der Waals surface area contributed by atoms with E-state index in [1.54, 1.807) is 11.8 Å². The fourth-order valence-corrected chi connectivity index (χ4v) is 2.27. The lowest BCUT2D eigenvalue weighted by molar-refractivity contribution is 1.23. The number of benzene rings is 2. The minimum Gasteiger partial charge on any atom is -0.197 e. The van der Waals surface area contributed by atoms with Gasteiger partial charge in [-0.15, -0.1) is 11.8 Å². The first-order chi connectivity index (χ1) is 7.29. The van der Waals surface area contributed by atoms with Gasteiger partial charge >= 0.3 is 0 Å². The van der Waals surface area contributed by atoms with Gasteiger partial charge in [0.15, 0.2) is 0 Å². The van der Waals surface area contributed by atoms with Crippen molar-refractivity contribution in [2.45, 2.75) is 17.1 Å². The van der Waals surface area contributed by atoms with Crippen LogP contribution in [0.15, 0.2) is 47.4 Å². The second kappa shape index (κ2) is 4.37. The van der Waals surface area contributed by atoms with Crippen molar-refractivity contribution < 1.29 is 0 Å². The molecule has 0 saturated carbocycles. The maximum Gasteiger partial charge on any atom is 0.0935 e. The molecule has 1 atom stereocenters. The molecule has 0 N–H and O–H groups in total. The first-order valence-electron chi connectivity index (χ1n) is 4.84.